The molecule has 0 aliphatic carbocycles. The van der Waals surface area contributed by atoms with E-state index in [0.717, 1.165) is 0 Å². The lowest BCUT2D eigenvalue weighted by molar-refractivity contribution is -0.141. The van der Waals surface area contributed by atoms with Crippen LogP contribution in [0.5, 0.6) is 0 Å². The summed E-state index contributed by atoms with van der Waals surface area (Å²) in [6, 6.07) is 0. The summed E-state index contributed by atoms with van der Waals surface area (Å²) in [7, 11) is 1.72. The summed E-state index contributed by atoms with van der Waals surface area (Å²) in [5.74, 6) is 0. The summed E-state index contributed by atoms with van der Waals surface area (Å²) >= 11 is 0. The summed E-state index contributed by atoms with van der Waals surface area (Å²) in [6.07, 6.45) is -2.87. The number of hydrogen-bond donors (Lipinski definition) is 2. The average Bonchev–Trinajstić information content (AvgIpc) is 2.50. The van der Waals surface area contributed by atoms with E-state index in [0.29, 0.717) is 0 Å². The minimum atomic E-state index is -4.37. The van der Waals surface area contributed by atoms with Gasteiger partial charge in [-0.05, 0) is 27.3 Å². The van der Waals surface area contributed by atoms with Gasteiger partial charge in [-0.25, -0.2) is 0 Å². The van der Waals surface area contributed by atoms with E-state index < -0.39 is 11.9 Å². The van der Waals surface area contributed by atoms with Gasteiger partial charge in [-0.3, -0.25) is 5.10 Å². The zero-order valence-electron chi connectivity index (χ0n) is 8.87. The number of nitrogens with zero attached hydrogens (tertiary/aromatic N) is 1. The van der Waals surface area contributed by atoms with Crippen LogP contribution in [-0.4, -0.2) is 22.8 Å². The second kappa shape index (κ2) is 3.84. The molecule has 0 saturated carbocycles. The normalized spacial score (nSPS) is 13.2. The number of H-pyrrole nitrogens is 1. The predicted molar refractivity (Wildman–Crippen MR) is 50.4 cm³/mol. The van der Waals surface area contributed by atoms with Crippen molar-refractivity contribution in [2.24, 2.45) is 0 Å². The number of alkyl halides is 3. The van der Waals surface area contributed by atoms with E-state index in [2.05, 4.69) is 10.4 Å². The molecule has 0 saturated heterocycles. The Morgan fingerprint density at radius 2 is 2.00 bits per heavy atom. The Kier molecular flexibility index (Phi) is 3.08. The molecule has 0 unspecified atom stereocenters. The molecule has 86 valence electrons. The van der Waals surface area contributed by atoms with Gasteiger partial charge < -0.3 is 5.32 Å². The van der Waals surface area contributed by atoms with E-state index in [1.54, 1.807) is 7.05 Å². The number of halogens is 3. The average molecular weight is 221 g/mol. The van der Waals surface area contributed by atoms with Crippen LogP contribution in [0.25, 0.3) is 0 Å². The molecule has 6 heteroatoms. The van der Waals surface area contributed by atoms with Crippen molar-refractivity contribution in [3.8, 4) is 0 Å². The molecule has 0 spiro atoms. The van der Waals surface area contributed by atoms with Crippen molar-refractivity contribution in [2.45, 2.75) is 32.0 Å². The van der Waals surface area contributed by atoms with E-state index in [1.807, 2.05) is 18.9 Å². The third-order valence-electron chi connectivity index (χ3n) is 2.31. The van der Waals surface area contributed by atoms with Crippen LogP contribution in [0.1, 0.15) is 25.1 Å². The van der Waals surface area contributed by atoms with Crippen molar-refractivity contribution >= 4 is 0 Å². The molecule has 15 heavy (non-hydrogen) atoms. The van der Waals surface area contributed by atoms with Gasteiger partial charge in [0, 0.05) is 11.1 Å². The standard InChI is InChI=1S/C9H14F3N3/c1-8(2,13-3)4-6-5-14-15-7(6)9(10,11)12/h5,13H,4H2,1-3H3,(H,14,15). The molecule has 0 aliphatic heterocycles. The quantitative estimate of drug-likeness (QED) is 0.819. The van der Waals surface area contributed by atoms with Crippen LogP contribution in [0.4, 0.5) is 13.2 Å². The first-order valence-corrected chi connectivity index (χ1v) is 4.54. The van der Waals surface area contributed by atoms with E-state index in [9.17, 15) is 13.2 Å². The molecule has 1 rings (SSSR count). The van der Waals surface area contributed by atoms with Gasteiger partial charge in [0.2, 0.25) is 0 Å². The van der Waals surface area contributed by atoms with E-state index in [1.165, 1.54) is 6.20 Å². The largest absolute Gasteiger partial charge is 0.433 e. The second-order valence-corrected chi connectivity index (χ2v) is 4.08. The molecule has 3 nitrogen and oxygen atoms in total. The monoisotopic (exact) mass is 221 g/mol. The highest BCUT2D eigenvalue weighted by Gasteiger charge is 2.36. The van der Waals surface area contributed by atoms with Gasteiger partial charge in [0.1, 0.15) is 5.69 Å². The summed E-state index contributed by atoms with van der Waals surface area (Å²) in [5.41, 5.74) is -0.961. The van der Waals surface area contributed by atoms with E-state index in [4.69, 9.17) is 0 Å². The van der Waals surface area contributed by atoms with Crippen LogP contribution in [-0.2, 0) is 12.6 Å². The molecular formula is C9H14F3N3. The number of hydrogen-bond acceptors (Lipinski definition) is 2. The number of nitrogens with one attached hydrogen (secondary N) is 2. The maximum Gasteiger partial charge on any atom is 0.433 e. The molecule has 0 aromatic carbocycles. The molecule has 0 fully saturated rings. The third kappa shape index (κ3) is 2.95. The minimum Gasteiger partial charge on any atom is -0.314 e. The maximum absolute atomic E-state index is 12.5. The van der Waals surface area contributed by atoms with Gasteiger partial charge in [0.25, 0.3) is 0 Å². The van der Waals surface area contributed by atoms with Gasteiger partial charge in [0.05, 0.1) is 6.20 Å². The zero-order valence-corrected chi connectivity index (χ0v) is 8.87. The maximum atomic E-state index is 12.5. The molecule has 1 aromatic heterocycles. The topological polar surface area (TPSA) is 40.7 Å². The molecular weight excluding hydrogens is 207 g/mol. The number of rotatable bonds is 3. The van der Waals surface area contributed by atoms with Gasteiger partial charge in [-0.2, -0.15) is 18.3 Å². The summed E-state index contributed by atoms with van der Waals surface area (Å²) < 4.78 is 37.4. The van der Waals surface area contributed by atoms with Gasteiger partial charge in [-0.15, -0.1) is 0 Å². The van der Waals surface area contributed by atoms with Crippen LogP contribution in [0.15, 0.2) is 6.20 Å². The minimum absolute atomic E-state index is 0.182. The Balaban J connectivity index is 2.92. The lowest BCUT2D eigenvalue weighted by Gasteiger charge is -2.23. The zero-order chi connectivity index (χ0) is 11.7. The predicted octanol–water partition coefficient (Wildman–Crippen LogP) is 1.97. The summed E-state index contributed by atoms with van der Waals surface area (Å²) in [4.78, 5) is 0. The molecule has 0 aliphatic rings. The van der Waals surface area contributed by atoms with Crippen molar-refractivity contribution in [3.63, 3.8) is 0 Å². The van der Waals surface area contributed by atoms with Crippen LogP contribution >= 0.6 is 0 Å². The van der Waals surface area contributed by atoms with Crippen molar-refractivity contribution in [1.82, 2.24) is 15.5 Å². The highest BCUT2D eigenvalue weighted by molar-refractivity contribution is 5.21. The van der Waals surface area contributed by atoms with E-state index >= 15 is 0 Å². The van der Waals surface area contributed by atoms with Crippen LogP contribution in [0.2, 0.25) is 0 Å². The molecule has 0 radical (unpaired) electrons. The van der Waals surface area contributed by atoms with Gasteiger partial charge in [-0.1, -0.05) is 0 Å². The fourth-order valence-corrected chi connectivity index (χ4v) is 1.26. The Labute approximate surface area is 86.1 Å². The first-order valence-electron chi connectivity index (χ1n) is 4.54. The number of aromatic amines is 1. The number of aromatic nitrogens is 2. The van der Waals surface area contributed by atoms with Gasteiger partial charge >= 0.3 is 6.18 Å². The third-order valence-corrected chi connectivity index (χ3v) is 2.31. The molecule has 1 heterocycles. The van der Waals surface area contributed by atoms with Crippen molar-refractivity contribution in [2.75, 3.05) is 7.05 Å². The van der Waals surface area contributed by atoms with Crippen molar-refractivity contribution in [3.05, 3.63) is 17.5 Å². The molecule has 0 amide bonds. The highest BCUT2D eigenvalue weighted by Crippen LogP contribution is 2.31. The fourth-order valence-electron chi connectivity index (χ4n) is 1.26. The molecule has 1 aromatic rings. The Morgan fingerprint density at radius 1 is 1.40 bits per heavy atom. The van der Waals surface area contributed by atoms with Crippen LogP contribution in [0, 0.1) is 0 Å². The molecule has 2 N–H and O–H groups in total. The Bertz CT molecular complexity index is 328. The second-order valence-electron chi connectivity index (χ2n) is 4.08. The molecule has 0 bridgehead atoms. The lowest BCUT2D eigenvalue weighted by Crippen LogP contribution is -2.38. The smallest absolute Gasteiger partial charge is 0.314 e. The van der Waals surface area contributed by atoms with Crippen LogP contribution in [0.3, 0.4) is 0 Å². The summed E-state index contributed by atoms with van der Waals surface area (Å²) in [5, 5.41) is 8.37. The van der Waals surface area contributed by atoms with Crippen LogP contribution < -0.4 is 5.32 Å². The SMILES string of the molecule is CNC(C)(C)Cc1cn[nH]c1C(F)(F)F. The fraction of sp³-hybridized carbons (Fsp3) is 0.667. The van der Waals surface area contributed by atoms with Crippen molar-refractivity contribution < 1.29 is 13.2 Å². The lowest BCUT2D eigenvalue weighted by atomic mass is 9.95. The Hall–Kier alpha value is -1.04. The summed E-state index contributed by atoms with van der Waals surface area (Å²) in [6.45, 7) is 3.67. The number of likely N-dealkylation sites (N-methyl/N-ethyl adjacent to an activating group) is 1. The first-order chi connectivity index (χ1) is 6.76. The van der Waals surface area contributed by atoms with Gasteiger partial charge in [0.15, 0.2) is 0 Å². The van der Waals surface area contributed by atoms with E-state index in [-0.39, 0.29) is 17.5 Å². The molecule has 0 atom stereocenters. The van der Waals surface area contributed by atoms with Crippen molar-refractivity contribution in [1.29, 1.82) is 0 Å². The first kappa shape index (κ1) is 12.0. The Morgan fingerprint density at radius 3 is 2.47 bits per heavy atom. The highest BCUT2D eigenvalue weighted by atomic mass is 19.4.